The number of rotatable bonds is 7. The molecule has 9 heteroatoms. The molecule has 0 saturated heterocycles. The molecule has 0 aliphatic rings. The van der Waals surface area contributed by atoms with Crippen LogP contribution in [-0.2, 0) is 10.0 Å². The van der Waals surface area contributed by atoms with Crippen LogP contribution in [0.4, 0.5) is 11.4 Å². The van der Waals surface area contributed by atoms with E-state index in [1.807, 2.05) is 0 Å². The highest BCUT2D eigenvalue weighted by molar-refractivity contribution is 7.92. The molecule has 3 aromatic rings. The summed E-state index contributed by atoms with van der Waals surface area (Å²) in [7, 11) is -1.27. The van der Waals surface area contributed by atoms with E-state index in [0.29, 0.717) is 16.5 Å². The molecule has 0 aliphatic carbocycles. The fourth-order valence-electron chi connectivity index (χ4n) is 2.70. The van der Waals surface area contributed by atoms with Crippen LogP contribution in [-0.4, -0.2) is 28.5 Å². The number of carbonyl (C=O) groups excluding carboxylic acids is 1. The second-order valence-electron chi connectivity index (χ2n) is 6.13. The molecule has 0 radical (unpaired) electrons. The van der Waals surface area contributed by atoms with Gasteiger partial charge in [0.1, 0.15) is 16.4 Å². The molecule has 7 nitrogen and oxygen atoms in total. The zero-order valence-corrected chi connectivity index (χ0v) is 17.8. The predicted molar refractivity (Wildman–Crippen MR) is 116 cm³/mol. The summed E-state index contributed by atoms with van der Waals surface area (Å²) < 4.78 is 38.8. The first-order valence-electron chi connectivity index (χ1n) is 8.75. The molecule has 30 heavy (non-hydrogen) atoms. The zero-order chi connectivity index (χ0) is 21.7. The van der Waals surface area contributed by atoms with Crippen LogP contribution in [0.2, 0.25) is 5.02 Å². The minimum atomic E-state index is -4.08. The Morgan fingerprint density at radius 1 is 0.933 bits per heavy atom. The number of amides is 1. The van der Waals surface area contributed by atoms with Gasteiger partial charge in [-0.3, -0.25) is 9.52 Å². The Bertz CT molecular complexity index is 1160. The Balaban J connectivity index is 1.92. The number of sulfonamides is 1. The molecule has 156 valence electrons. The number of methoxy groups -OCH3 is 2. The van der Waals surface area contributed by atoms with E-state index in [2.05, 4.69) is 10.0 Å². The van der Waals surface area contributed by atoms with Gasteiger partial charge in [-0.25, -0.2) is 8.42 Å². The van der Waals surface area contributed by atoms with Crippen LogP contribution in [0.1, 0.15) is 10.4 Å². The third kappa shape index (κ3) is 4.84. The number of hydrogen-bond acceptors (Lipinski definition) is 5. The number of ether oxygens (including phenoxy) is 2. The molecule has 0 bridgehead atoms. The predicted octanol–water partition coefficient (Wildman–Crippen LogP) is 4.41. The lowest BCUT2D eigenvalue weighted by atomic mass is 10.1. The molecule has 2 N–H and O–H groups in total. The van der Waals surface area contributed by atoms with Gasteiger partial charge in [0.15, 0.2) is 0 Å². The van der Waals surface area contributed by atoms with Gasteiger partial charge < -0.3 is 14.8 Å². The smallest absolute Gasteiger partial charge is 0.265 e. The summed E-state index contributed by atoms with van der Waals surface area (Å²) in [5.74, 6) is 0.0181. The lowest BCUT2D eigenvalue weighted by molar-refractivity contribution is 0.102. The van der Waals surface area contributed by atoms with Crippen molar-refractivity contribution in [3.8, 4) is 11.5 Å². The van der Waals surface area contributed by atoms with E-state index in [1.165, 1.54) is 38.5 Å². The van der Waals surface area contributed by atoms with E-state index in [-0.39, 0.29) is 21.9 Å². The number of carbonyl (C=O) groups is 1. The molecule has 1 amide bonds. The van der Waals surface area contributed by atoms with Crippen molar-refractivity contribution in [2.75, 3.05) is 24.3 Å². The van der Waals surface area contributed by atoms with Crippen molar-refractivity contribution in [2.24, 2.45) is 0 Å². The summed E-state index contributed by atoms with van der Waals surface area (Å²) in [6, 6.07) is 17.3. The third-order valence-corrected chi connectivity index (χ3v) is 5.82. The molecule has 0 fully saturated rings. The molecule has 0 aliphatic heterocycles. The maximum atomic E-state index is 13.0. The summed E-state index contributed by atoms with van der Waals surface area (Å²) in [6.07, 6.45) is 0. The lowest BCUT2D eigenvalue weighted by Crippen LogP contribution is -2.19. The number of hydrogen-bond donors (Lipinski definition) is 2. The summed E-state index contributed by atoms with van der Waals surface area (Å²) in [5.41, 5.74) is 0.795. The standard InChI is InChI=1S/C21H19ClN2O5S/c1-28-16-11-12-19(29-2)20(13-16)30(26,27)24-18-6-4-3-5-17(18)21(25)23-15-9-7-14(22)8-10-15/h3-13,24H,1-2H3,(H,23,25). The zero-order valence-electron chi connectivity index (χ0n) is 16.2. The fourth-order valence-corrected chi connectivity index (χ4v) is 4.09. The Morgan fingerprint density at radius 2 is 1.63 bits per heavy atom. The van der Waals surface area contributed by atoms with Gasteiger partial charge in [-0.2, -0.15) is 0 Å². The van der Waals surface area contributed by atoms with E-state index in [4.69, 9.17) is 21.1 Å². The van der Waals surface area contributed by atoms with Crippen LogP contribution in [0.25, 0.3) is 0 Å². The maximum absolute atomic E-state index is 13.0. The van der Waals surface area contributed by atoms with Crippen LogP contribution in [0.15, 0.2) is 71.6 Å². The maximum Gasteiger partial charge on any atom is 0.265 e. The van der Waals surface area contributed by atoms with Crippen molar-refractivity contribution >= 4 is 38.9 Å². The first kappa shape index (κ1) is 21.5. The van der Waals surface area contributed by atoms with Gasteiger partial charge in [0.05, 0.1) is 25.5 Å². The van der Waals surface area contributed by atoms with E-state index < -0.39 is 15.9 Å². The highest BCUT2D eigenvalue weighted by atomic mass is 35.5. The van der Waals surface area contributed by atoms with Crippen LogP contribution in [0, 0.1) is 0 Å². The summed E-state index contributed by atoms with van der Waals surface area (Å²) in [4.78, 5) is 12.6. The van der Waals surface area contributed by atoms with Crippen LogP contribution in [0.3, 0.4) is 0 Å². The molecule has 3 aromatic carbocycles. The van der Waals surface area contributed by atoms with Crippen molar-refractivity contribution in [2.45, 2.75) is 4.90 Å². The van der Waals surface area contributed by atoms with Crippen molar-refractivity contribution in [3.63, 3.8) is 0 Å². The van der Waals surface area contributed by atoms with Crippen LogP contribution in [0.5, 0.6) is 11.5 Å². The molecule has 0 spiro atoms. The van der Waals surface area contributed by atoms with E-state index in [0.717, 1.165) is 0 Å². The normalized spacial score (nSPS) is 10.9. The number of halogens is 1. The van der Waals surface area contributed by atoms with Gasteiger partial charge in [-0.15, -0.1) is 0 Å². The van der Waals surface area contributed by atoms with E-state index in [9.17, 15) is 13.2 Å². The van der Waals surface area contributed by atoms with Gasteiger partial charge >= 0.3 is 0 Å². The molecule has 0 unspecified atom stereocenters. The Kier molecular flexibility index (Phi) is 6.49. The summed E-state index contributed by atoms with van der Waals surface area (Å²) in [5, 5.41) is 3.25. The summed E-state index contributed by atoms with van der Waals surface area (Å²) >= 11 is 5.86. The minimum absolute atomic E-state index is 0.114. The van der Waals surface area contributed by atoms with Crippen molar-refractivity contribution in [3.05, 3.63) is 77.3 Å². The lowest BCUT2D eigenvalue weighted by Gasteiger charge is -2.15. The SMILES string of the molecule is COc1ccc(OC)c(S(=O)(=O)Nc2ccccc2C(=O)Nc2ccc(Cl)cc2)c1. The van der Waals surface area contributed by atoms with Gasteiger partial charge in [-0.05, 0) is 48.5 Å². The quantitative estimate of drug-likeness (QED) is 0.560. The van der Waals surface area contributed by atoms with E-state index >= 15 is 0 Å². The second-order valence-corrected chi connectivity index (χ2v) is 8.22. The van der Waals surface area contributed by atoms with Gasteiger partial charge in [-0.1, -0.05) is 23.7 Å². The number of para-hydroxylation sites is 1. The second kappa shape index (κ2) is 9.06. The number of nitrogens with one attached hydrogen (secondary N) is 2. The molecular weight excluding hydrogens is 428 g/mol. The highest BCUT2D eigenvalue weighted by Gasteiger charge is 2.23. The molecule has 0 aromatic heterocycles. The van der Waals surface area contributed by atoms with Crippen molar-refractivity contribution < 1.29 is 22.7 Å². The molecule has 0 saturated carbocycles. The Morgan fingerprint density at radius 3 is 2.30 bits per heavy atom. The molecule has 0 atom stereocenters. The van der Waals surface area contributed by atoms with Crippen LogP contribution >= 0.6 is 11.6 Å². The van der Waals surface area contributed by atoms with Gasteiger partial charge in [0.25, 0.3) is 15.9 Å². The highest BCUT2D eigenvalue weighted by Crippen LogP contribution is 2.30. The topological polar surface area (TPSA) is 93.7 Å². The number of benzene rings is 3. The number of anilines is 2. The average Bonchev–Trinajstić information content (AvgIpc) is 2.75. The molecule has 3 rings (SSSR count). The van der Waals surface area contributed by atoms with E-state index in [1.54, 1.807) is 42.5 Å². The van der Waals surface area contributed by atoms with Crippen LogP contribution < -0.4 is 19.5 Å². The van der Waals surface area contributed by atoms with Gasteiger partial charge in [0.2, 0.25) is 0 Å². The first-order valence-corrected chi connectivity index (χ1v) is 10.6. The van der Waals surface area contributed by atoms with Gasteiger partial charge in [0, 0.05) is 16.8 Å². The third-order valence-electron chi connectivity index (χ3n) is 4.18. The Labute approximate surface area is 179 Å². The first-order chi connectivity index (χ1) is 14.3. The minimum Gasteiger partial charge on any atom is -0.497 e. The molecular formula is C21H19ClN2O5S. The Hall–Kier alpha value is -3.23. The largest absolute Gasteiger partial charge is 0.497 e. The average molecular weight is 447 g/mol. The fraction of sp³-hybridized carbons (Fsp3) is 0.0952. The van der Waals surface area contributed by atoms with Crippen molar-refractivity contribution in [1.82, 2.24) is 0 Å². The summed E-state index contributed by atoms with van der Waals surface area (Å²) in [6.45, 7) is 0. The monoisotopic (exact) mass is 446 g/mol. The van der Waals surface area contributed by atoms with Crippen molar-refractivity contribution in [1.29, 1.82) is 0 Å². The molecule has 0 heterocycles.